The van der Waals surface area contributed by atoms with Gasteiger partial charge in [0.2, 0.25) is 0 Å². The fraction of sp³-hybridized carbons (Fsp3) is 0.647. The van der Waals surface area contributed by atoms with E-state index in [1.165, 1.54) is 32.2 Å². The number of hydrogen-bond acceptors (Lipinski definition) is 2. The van der Waals surface area contributed by atoms with E-state index in [-0.39, 0.29) is 0 Å². The highest BCUT2D eigenvalue weighted by Gasteiger charge is 2.40. The monoisotopic (exact) mass is 258 g/mol. The maximum atomic E-state index is 3.79. The van der Waals surface area contributed by atoms with Crippen LogP contribution in [0.2, 0.25) is 0 Å². The average Bonchev–Trinajstić information content (AvgIpc) is 3.20. The second kappa shape index (κ2) is 5.64. The van der Waals surface area contributed by atoms with Crippen molar-refractivity contribution in [3.8, 4) is 0 Å². The van der Waals surface area contributed by atoms with E-state index in [0.717, 1.165) is 12.6 Å². The van der Waals surface area contributed by atoms with Crippen molar-refractivity contribution >= 4 is 0 Å². The van der Waals surface area contributed by atoms with Gasteiger partial charge in [0.25, 0.3) is 0 Å². The molecule has 3 rings (SSSR count). The molecule has 0 heterocycles. The largest absolute Gasteiger partial charge is 0.309 e. The summed E-state index contributed by atoms with van der Waals surface area (Å²) in [6.45, 7) is 6.88. The van der Waals surface area contributed by atoms with Crippen molar-refractivity contribution in [3.05, 3.63) is 35.4 Å². The van der Waals surface area contributed by atoms with E-state index >= 15 is 0 Å². The molecule has 19 heavy (non-hydrogen) atoms. The van der Waals surface area contributed by atoms with Crippen LogP contribution in [0.1, 0.15) is 50.3 Å². The molecule has 2 unspecified atom stereocenters. The Morgan fingerprint density at radius 3 is 2.68 bits per heavy atom. The average molecular weight is 258 g/mol. The van der Waals surface area contributed by atoms with E-state index in [2.05, 4.69) is 48.3 Å². The lowest BCUT2D eigenvalue weighted by Gasteiger charge is -2.33. The fourth-order valence-corrected chi connectivity index (χ4v) is 3.60. The molecule has 104 valence electrons. The van der Waals surface area contributed by atoms with E-state index < -0.39 is 0 Å². The van der Waals surface area contributed by atoms with Crippen molar-refractivity contribution in [1.29, 1.82) is 0 Å². The van der Waals surface area contributed by atoms with Crippen molar-refractivity contribution in [3.63, 3.8) is 0 Å². The molecular weight excluding hydrogens is 232 g/mol. The highest BCUT2D eigenvalue weighted by molar-refractivity contribution is 5.37. The molecule has 2 nitrogen and oxygen atoms in total. The zero-order valence-electron chi connectivity index (χ0n) is 12.2. The summed E-state index contributed by atoms with van der Waals surface area (Å²) >= 11 is 0. The van der Waals surface area contributed by atoms with E-state index in [4.69, 9.17) is 0 Å². The lowest BCUT2D eigenvalue weighted by atomic mass is 10.1. The van der Waals surface area contributed by atoms with Crippen LogP contribution < -0.4 is 5.32 Å². The predicted molar refractivity (Wildman–Crippen MR) is 80.4 cm³/mol. The Bertz CT molecular complexity index is 425. The Morgan fingerprint density at radius 2 is 2.00 bits per heavy atom. The fourth-order valence-electron chi connectivity index (χ4n) is 3.60. The van der Waals surface area contributed by atoms with Crippen molar-refractivity contribution < 1.29 is 0 Å². The van der Waals surface area contributed by atoms with Crippen LogP contribution in [-0.4, -0.2) is 30.1 Å². The van der Waals surface area contributed by atoms with Crippen molar-refractivity contribution in [1.82, 2.24) is 10.2 Å². The highest BCUT2D eigenvalue weighted by atomic mass is 15.2. The molecule has 1 N–H and O–H groups in total. The number of fused-ring (bicyclic) bond motifs is 1. The summed E-state index contributed by atoms with van der Waals surface area (Å²) in [6.07, 6.45) is 5.24. The third-order valence-corrected chi connectivity index (χ3v) is 4.63. The molecule has 2 atom stereocenters. The zero-order chi connectivity index (χ0) is 13.2. The van der Waals surface area contributed by atoms with E-state index in [9.17, 15) is 0 Å². The highest BCUT2D eigenvalue weighted by Crippen LogP contribution is 2.39. The molecule has 0 spiro atoms. The van der Waals surface area contributed by atoms with Gasteiger partial charge < -0.3 is 5.32 Å². The number of nitrogens with zero attached hydrogens (tertiary/aromatic N) is 1. The Hall–Kier alpha value is -0.860. The molecule has 2 heteroatoms. The van der Waals surface area contributed by atoms with Crippen molar-refractivity contribution in [2.24, 2.45) is 0 Å². The molecule has 0 aliphatic heterocycles. The first-order valence-corrected chi connectivity index (χ1v) is 7.92. The first kappa shape index (κ1) is 13.1. The first-order valence-electron chi connectivity index (χ1n) is 7.92. The van der Waals surface area contributed by atoms with Crippen LogP contribution in [0.15, 0.2) is 24.3 Å². The summed E-state index contributed by atoms with van der Waals surface area (Å²) in [5, 5.41) is 3.79. The van der Waals surface area contributed by atoms with Crippen LogP contribution in [0.25, 0.3) is 0 Å². The molecule has 0 bridgehead atoms. The SMILES string of the molecule is CCCNC1c2ccccc2CC1N(CC)C1CC1. The minimum absolute atomic E-state index is 0.539. The smallest absolute Gasteiger partial charge is 0.0484 e. The van der Waals surface area contributed by atoms with Gasteiger partial charge in [0.05, 0.1) is 0 Å². The Morgan fingerprint density at radius 1 is 1.21 bits per heavy atom. The lowest BCUT2D eigenvalue weighted by Crippen LogP contribution is -2.44. The van der Waals surface area contributed by atoms with Gasteiger partial charge in [-0.3, -0.25) is 4.90 Å². The standard InChI is InChI=1S/C17H26N2/c1-3-11-18-17-15-8-6-5-7-13(15)12-16(17)19(4-2)14-9-10-14/h5-8,14,16-18H,3-4,9-12H2,1-2H3. The molecule has 1 aromatic carbocycles. The van der Waals surface area contributed by atoms with Crippen molar-refractivity contribution in [2.45, 2.75) is 57.7 Å². The lowest BCUT2D eigenvalue weighted by molar-refractivity contribution is 0.165. The van der Waals surface area contributed by atoms with Gasteiger partial charge in [0, 0.05) is 18.1 Å². The van der Waals surface area contributed by atoms with Gasteiger partial charge in [0.1, 0.15) is 0 Å². The third kappa shape index (κ3) is 2.56. The van der Waals surface area contributed by atoms with Crippen molar-refractivity contribution in [2.75, 3.05) is 13.1 Å². The Kier molecular flexibility index (Phi) is 3.90. The molecular formula is C17H26N2. The molecule has 0 amide bonds. The number of rotatable bonds is 6. The molecule has 1 saturated carbocycles. The molecule has 1 fully saturated rings. The van der Waals surface area contributed by atoms with Gasteiger partial charge in [0.15, 0.2) is 0 Å². The molecule has 0 saturated heterocycles. The van der Waals surface area contributed by atoms with Gasteiger partial charge in [-0.05, 0) is 49.9 Å². The minimum Gasteiger partial charge on any atom is -0.309 e. The number of benzene rings is 1. The minimum atomic E-state index is 0.539. The van der Waals surface area contributed by atoms with Crippen LogP contribution in [0.3, 0.4) is 0 Å². The molecule has 1 aromatic rings. The summed E-state index contributed by atoms with van der Waals surface area (Å²) < 4.78 is 0. The van der Waals surface area contributed by atoms with Gasteiger partial charge in [-0.15, -0.1) is 0 Å². The second-order valence-electron chi connectivity index (χ2n) is 5.96. The summed E-state index contributed by atoms with van der Waals surface area (Å²) in [7, 11) is 0. The van der Waals surface area contributed by atoms with E-state index in [1.807, 2.05) is 0 Å². The van der Waals surface area contributed by atoms with E-state index in [0.29, 0.717) is 12.1 Å². The summed E-state index contributed by atoms with van der Waals surface area (Å²) in [4.78, 5) is 2.74. The van der Waals surface area contributed by atoms with Gasteiger partial charge >= 0.3 is 0 Å². The summed E-state index contributed by atoms with van der Waals surface area (Å²) in [5.74, 6) is 0. The Balaban J connectivity index is 1.83. The van der Waals surface area contributed by atoms with Gasteiger partial charge in [-0.1, -0.05) is 38.1 Å². The molecule has 0 radical (unpaired) electrons. The van der Waals surface area contributed by atoms with Crippen LogP contribution in [0.4, 0.5) is 0 Å². The summed E-state index contributed by atoms with van der Waals surface area (Å²) in [6, 6.07) is 11.1. The number of likely N-dealkylation sites (N-methyl/N-ethyl adjacent to an activating group) is 1. The molecule has 0 aromatic heterocycles. The van der Waals surface area contributed by atoms with Crippen LogP contribution in [-0.2, 0) is 6.42 Å². The van der Waals surface area contributed by atoms with Gasteiger partial charge in [-0.25, -0.2) is 0 Å². The first-order chi connectivity index (χ1) is 9.35. The van der Waals surface area contributed by atoms with Crippen LogP contribution in [0.5, 0.6) is 0 Å². The summed E-state index contributed by atoms with van der Waals surface area (Å²) in [5.41, 5.74) is 3.10. The van der Waals surface area contributed by atoms with Crippen LogP contribution in [0, 0.1) is 0 Å². The number of hydrogen-bond donors (Lipinski definition) is 1. The van der Waals surface area contributed by atoms with Gasteiger partial charge in [-0.2, -0.15) is 0 Å². The zero-order valence-corrected chi connectivity index (χ0v) is 12.2. The second-order valence-corrected chi connectivity index (χ2v) is 5.96. The molecule has 2 aliphatic carbocycles. The topological polar surface area (TPSA) is 15.3 Å². The van der Waals surface area contributed by atoms with Crippen LogP contribution >= 0.6 is 0 Å². The quantitative estimate of drug-likeness (QED) is 0.843. The van der Waals surface area contributed by atoms with E-state index in [1.54, 1.807) is 11.1 Å². The maximum Gasteiger partial charge on any atom is 0.0484 e. The normalized spacial score (nSPS) is 25.8. The third-order valence-electron chi connectivity index (χ3n) is 4.63. The molecule has 2 aliphatic rings. The predicted octanol–water partition coefficient (Wildman–Crippen LogP) is 3.14. The Labute approximate surface area is 117 Å². The number of nitrogens with one attached hydrogen (secondary N) is 1. The maximum absolute atomic E-state index is 3.79.